The lowest BCUT2D eigenvalue weighted by Crippen LogP contribution is -2.54. The van der Waals surface area contributed by atoms with E-state index in [2.05, 4.69) is 5.32 Å². The Hall–Kier alpha value is -4.17. The largest absolute Gasteiger partial charge is 0.478 e. The molecule has 2 aromatic carbocycles. The number of aromatic nitrogens is 1. The number of aromatic carboxylic acids is 1. The number of hydrogen-bond acceptors (Lipinski definition) is 4. The van der Waals surface area contributed by atoms with Crippen molar-refractivity contribution in [2.75, 3.05) is 4.90 Å². The molecular weight excluding hydrogens is 470 g/mol. The lowest BCUT2D eigenvalue weighted by molar-refractivity contribution is -0.122. The molecule has 0 unspecified atom stereocenters. The van der Waals surface area contributed by atoms with Crippen LogP contribution < -0.4 is 10.2 Å². The molecule has 0 radical (unpaired) electrons. The molecule has 3 aromatic rings. The Morgan fingerprint density at radius 2 is 1.63 bits per heavy atom. The third-order valence-electron chi connectivity index (χ3n) is 6.06. The summed E-state index contributed by atoms with van der Waals surface area (Å²) in [5, 5.41) is 11.6. The Kier molecular flexibility index (Phi) is 6.08. The molecular formula is C26H22ClN3O5. The molecule has 8 nitrogen and oxygen atoms in total. The minimum atomic E-state index is -1.13. The van der Waals surface area contributed by atoms with Gasteiger partial charge in [0.1, 0.15) is 5.57 Å². The molecule has 1 fully saturated rings. The molecule has 1 saturated heterocycles. The van der Waals surface area contributed by atoms with Gasteiger partial charge in [-0.1, -0.05) is 17.7 Å². The van der Waals surface area contributed by atoms with Gasteiger partial charge in [0.2, 0.25) is 0 Å². The first-order chi connectivity index (χ1) is 16.5. The Morgan fingerprint density at radius 1 is 0.943 bits per heavy atom. The highest BCUT2D eigenvalue weighted by molar-refractivity contribution is 6.39. The standard InChI is InChI=1S/C26H22ClN3O5/c1-13-5-6-18(9-14(13)2)30-24(32)21(23(31)28-26(30)35)11-17-10-15(3)29(16(17)4)19-7-8-20(25(33)34)22(27)12-19/h5-12H,1-4H3,(H,33,34)(H,28,31,35)/b21-11+. The zero-order valence-corrected chi connectivity index (χ0v) is 20.2. The van der Waals surface area contributed by atoms with Gasteiger partial charge in [0, 0.05) is 17.1 Å². The van der Waals surface area contributed by atoms with E-state index in [9.17, 15) is 24.3 Å². The number of carboxylic acid groups (broad SMARTS) is 1. The number of carbonyl (C=O) groups is 4. The van der Waals surface area contributed by atoms with E-state index in [1.165, 1.54) is 12.1 Å². The number of amides is 4. The first-order valence-electron chi connectivity index (χ1n) is 10.7. The highest BCUT2D eigenvalue weighted by Gasteiger charge is 2.37. The number of barbiturate groups is 1. The van der Waals surface area contributed by atoms with E-state index in [-0.39, 0.29) is 16.2 Å². The summed E-state index contributed by atoms with van der Waals surface area (Å²) in [6.07, 6.45) is 1.45. The van der Waals surface area contributed by atoms with Gasteiger partial charge in [-0.2, -0.15) is 0 Å². The summed E-state index contributed by atoms with van der Waals surface area (Å²) in [6.45, 7) is 7.43. The fraction of sp³-hybridized carbons (Fsp3) is 0.154. The van der Waals surface area contributed by atoms with Crippen LogP contribution in [0.3, 0.4) is 0 Å². The van der Waals surface area contributed by atoms with Crippen molar-refractivity contribution in [1.82, 2.24) is 9.88 Å². The van der Waals surface area contributed by atoms with Crippen molar-refractivity contribution in [3.05, 3.63) is 86.7 Å². The average Bonchev–Trinajstić information content (AvgIpc) is 3.05. The maximum Gasteiger partial charge on any atom is 0.337 e. The predicted octanol–water partition coefficient (Wildman–Crippen LogP) is 4.73. The fourth-order valence-corrected chi connectivity index (χ4v) is 4.32. The van der Waals surface area contributed by atoms with E-state index in [1.807, 2.05) is 25.3 Å². The van der Waals surface area contributed by atoms with Gasteiger partial charge >= 0.3 is 12.0 Å². The molecule has 2 N–H and O–H groups in total. The number of urea groups is 1. The fourth-order valence-electron chi connectivity index (χ4n) is 4.06. The molecule has 178 valence electrons. The molecule has 35 heavy (non-hydrogen) atoms. The zero-order chi connectivity index (χ0) is 25.6. The van der Waals surface area contributed by atoms with Crippen LogP contribution >= 0.6 is 11.6 Å². The summed E-state index contributed by atoms with van der Waals surface area (Å²) in [5.41, 5.74) is 4.79. The van der Waals surface area contributed by atoms with Crippen LogP contribution in [0.2, 0.25) is 5.02 Å². The number of benzene rings is 2. The third-order valence-corrected chi connectivity index (χ3v) is 6.37. The number of nitrogens with zero attached hydrogens (tertiary/aromatic N) is 2. The summed E-state index contributed by atoms with van der Waals surface area (Å²) >= 11 is 6.15. The predicted molar refractivity (Wildman–Crippen MR) is 132 cm³/mol. The molecule has 0 aliphatic carbocycles. The number of halogens is 1. The van der Waals surface area contributed by atoms with E-state index in [4.69, 9.17) is 11.6 Å². The minimum Gasteiger partial charge on any atom is -0.478 e. The second-order valence-corrected chi connectivity index (χ2v) is 8.76. The van der Waals surface area contributed by atoms with Crippen LogP contribution in [0, 0.1) is 27.7 Å². The summed E-state index contributed by atoms with van der Waals surface area (Å²) in [6, 6.07) is 10.8. The van der Waals surface area contributed by atoms with E-state index in [1.54, 1.807) is 43.3 Å². The normalized spacial score (nSPS) is 15.1. The molecule has 1 aromatic heterocycles. The van der Waals surface area contributed by atoms with Crippen molar-refractivity contribution in [3.63, 3.8) is 0 Å². The van der Waals surface area contributed by atoms with Gasteiger partial charge < -0.3 is 9.67 Å². The van der Waals surface area contributed by atoms with Crippen molar-refractivity contribution < 1.29 is 24.3 Å². The summed E-state index contributed by atoms with van der Waals surface area (Å²) < 4.78 is 1.83. The number of rotatable bonds is 4. The van der Waals surface area contributed by atoms with E-state index in [0.29, 0.717) is 22.6 Å². The maximum absolute atomic E-state index is 13.3. The van der Waals surface area contributed by atoms with Crippen molar-refractivity contribution >= 4 is 47.2 Å². The molecule has 0 saturated carbocycles. The maximum atomic E-state index is 13.3. The molecule has 1 aliphatic rings. The van der Waals surface area contributed by atoms with Crippen molar-refractivity contribution in [2.24, 2.45) is 0 Å². The van der Waals surface area contributed by atoms with Crippen molar-refractivity contribution in [2.45, 2.75) is 27.7 Å². The van der Waals surface area contributed by atoms with E-state index in [0.717, 1.165) is 21.7 Å². The van der Waals surface area contributed by atoms with Crippen LogP contribution in [0.5, 0.6) is 0 Å². The van der Waals surface area contributed by atoms with E-state index >= 15 is 0 Å². The number of carbonyl (C=O) groups excluding carboxylic acids is 3. The molecule has 0 atom stereocenters. The van der Waals surface area contributed by atoms with Crippen LogP contribution in [-0.4, -0.2) is 33.5 Å². The molecule has 0 spiro atoms. The van der Waals surface area contributed by atoms with Crippen LogP contribution in [0.15, 0.2) is 48.0 Å². The Morgan fingerprint density at radius 3 is 2.26 bits per heavy atom. The molecule has 4 amide bonds. The van der Waals surface area contributed by atoms with Gasteiger partial charge in [-0.25, -0.2) is 14.5 Å². The third kappa shape index (κ3) is 4.24. The number of anilines is 1. The first-order valence-corrected chi connectivity index (χ1v) is 11.1. The Bertz CT molecular complexity index is 1470. The smallest absolute Gasteiger partial charge is 0.337 e. The van der Waals surface area contributed by atoms with Crippen molar-refractivity contribution in [1.29, 1.82) is 0 Å². The highest BCUT2D eigenvalue weighted by atomic mass is 35.5. The average molecular weight is 492 g/mol. The summed E-state index contributed by atoms with van der Waals surface area (Å²) in [4.78, 5) is 50.6. The van der Waals surface area contributed by atoms with Gasteiger partial charge in [0.05, 0.1) is 16.3 Å². The quantitative estimate of drug-likeness (QED) is 0.405. The molecule has 1 aliphatic heterocycles. The Labute approximate surface area is 206 Å². The second-order valence-electron chi connectivity index (χ2n) is 8.36. The number of hydrogen-bond donors (Lipinski definition) is 2. The van der Waals surface area contributed by atoms with Crippen LogP contribution in [0.25, 0.3) is 11.8 Å². The summed E-state index contributed by atoms with van der Waals surface area (Å²) in [7, 11) is 0. The van der Waals surface area contributed by atoms with Gasteiger partial charge in [0.25, 0.3) is 11.8 Å². The topological polar surface area (TPSA) is 109 Å². The SMILES string of the molecule is Cc1ccc(N2C(=O)NC(=O)/C(=C\c3cc(C)n(-c4ccc(C(=O)O)c(Cl)c4)c3C)C2=O)cc1C. The first kappa shape index (κ1) is 24.0. The second kappa shape index (κ2) is 8.88. The highest BCUT2D eigenvalue weighted by Crippen LogP contribution is 2.28. The molecule has 4 rings (SSSR count). The van der Waals surface area contributed by atoms with Crippen LogP contribution in [0.1, 0.15) is 38.4 Å². The number of aryl methyl sites for hydroxylation is 3. The number of nitrogens with one attached hydrogen (secondary N) is 1. The summed E-state index contributed by atoms with van der Waals surface area (Å²) in [5.74, 6) is -2.63. The van der Waals surface area contributed by atoms with Crippen LogP contribution in [0.4, 0.5) is 10.5 Å². The van der Waals surface area contributed by atoms with Gasteiger partial charge in [-0.3, -0.25) is 14.9 Å². The van der Waals surface area contributed by atoms with Gasteiger partial charge in [-0.15, -0.1) is 0 Å². The zero-order valence-electron chi connectivity index (χ0n) is 19.5. The molecule has 9 heteroatoms. The van der Waals surface area contributed by atoms with Crippen LogP contribution in [-0.2, 0) is 9.59 Å². The van der Waals surface area contributed by atoms with Crippen molar-refractivity contribution in [3.8, 4) is 5.69 Å². The molecule has 0 bridgehead atoms. The monoisotopic (exact) mass is 491 g/mol. The van der Waals surface area contributed by atoms with E-state index < -0.39 is 23.8 Å². The lowest BCUT2D eigenvalue weighted by atomic mass is 10.1. The molecule has 2 heterocycles. The lowest BCUT2D eigenvalue weighted by Gasteiger charge is -2.26. The number of carboxylic acids is 1. The number of imide groups is 2. The van der Waals surface area contributed by atoms with Gasteiger partial charge in [0.15, 0.2) is 0 Å². The van der Waals surface area contributed by atoms with Gasteiger partial charge in [-0.05, 0) is 86.9 Å². The Balaban J connectivity index is 1.76. The minimum absolute atomic E-state index is 0.0132.